The molecule has 0 bridgehead atoms. The van der Waals surface area contributed by atoms with E-state index >= 15 is 0 Å². The summed E-state index contributed by atoms with van der Waals surface area (Å²) in [5, 5.41) is 12.7. The Balaban J connectivity index is 2.29. The molecular formula is C13H28N2O. The SMILES string of the molecule is CCC(CO)NC(C)C1CCN(CC)CC1. The summed E-state index contributed by atoms with van der Waals surface area (Å²) in [6, 6.07) is 0.815. The average Bonchev–Trinajstić information content (AvgIpc) is 2.35. The van der Waals surface area contributed by atoms with Crippen molar-refractivity contribution in [2.45, 2.75) is 52.1 Å². The second kappa shape index (κ2) is 7.25. The van der Waals surface area contributed by atoms with E-state index < -0.39 is 0 Å². The topological polar surface area (TPSA) is 35.5 Å². The van der Waals surface area contributed by atoms with Crippen LogP contribution in [0.2, 0.25) is 0 Å². The van der Waals surface area contributed by atoms with Gasteiger partial charge in [0.2, 0.25) is 0 Å². The molecule has 0 amide bonds. The molecule has 1 rings (SSSR count). The Morgan fingerprint density at radius 2 is 1.94 bits per heavy atom. The van der Waals surface area contributed by atoms with E-state index in [-0.39, 0.29) is 12.6 Å². The van der Waals surface area contributed by atoms with Crippen molar-refractivity contribution in [2.24, 2.45) is 5.92 Å². The van der Waals surface area contributed by atoms with Gasteiger partial charge < -0.3 is 15.3 Å². The molecule has 0 spiro atoms. The van der Waals surface area contributed by atoms with Crippen LogP contribution < -0.4 is 5.32 Å². The normalized spacial score (nSPS) is 23.2. The molecule has 1 fully saturated rings. The monoisotopic (exact) mass is 228 g/mol. The van der Waals surface area contributed by atoms with Crippen LogP contribution in [0.25, 0.3) is 0 Å². The molecule has 0 radical (unpaired) electrons. The Labute approximate surface area is 100 Å². The third-order valence-electron chi connectivity index (χ3n) is 4.00. The van der Waals surface area contributed by atoms with E-state index in [9.17, 15) is 5.11 Å². The lowest BCUT2D eigenvalue weighted by Gasteiger charge is -2.35. The Hall–Kier alpha value is -0.120. The number of aliphatic hydroxyl groups is 1. The molecular weight excluding hydrogens is 200 g/mol. The molecule has 2 atom stereocenters. The van der Waals surface area contributed by atoms with Crippen LogP contribution in [0.5, 0.6) is 0 Å². The van der Waals surface area contributed by atoms with Crippen molar-refractivity contribution in [1.82, 2.24) is 10.2 Å². The summed E-state index contributed by atoms with van der Waals surface area (Å²) in [4.78, 5) is 2.52. The van der Waals surface area contributed by atoms with Gasteiger partial charge in [-0.15, -0.1) is 0 Å². The van der Waals surface area contributed by atoms with Crippen LogP contribution in [-0.2, 0) is 0 Å². The van der Waals surface area contributed by atoms with Crippen LogP contribution in [0, 0.1) is 5.92 Å². The number of rotatable bonds is 6. The molecule has 1 saturated heterocycles. The fourth-order valence-corrected chi connectivity index (χ4v) is 2.58. The lowest BCUT2D eigenvalue weighted by atomic mass is 9.90. The number of aliphatic hydroxyl groups excluding tert-OH is 1. The van der Waals surface area contributed by atoms with Gasteiger partial charge in [0, 0.05) is 12.1 Å². The van der Waals surface area contributed by atoms with Crippen molar-refractivity contribution < 1.29 is 5.11 Å². The molecule has 2 unspecified atom stereocenters. The van der Waals surface area contributed by atoms with E-state index in [4.69, 9.17) is 0 Å². The van der Waals surface area contributed by atoms with Gasteiger partial charge in [0.15, 0.2) is 0 Å². The Morgan fingerprint density at radius 3 is 2.38 bits per heavy atom. The maximum absolute atomic E-state index is 9.18. The van der Waals surface area contributed by atoms with E-state index in [1.165, 1.54) is 32.5 Å². The molecule has 3 heteroatoms. The Kier molecular flexibility index (Phi) is 6.32. The maximum Gasteiger partial charge on any atom is 0.0584 e. The summed E-state index contributed by atoms with van der Waals surface area (Å²) in [6.07, 6.45) is 3.60. The molecule has 2 N–H and O–H groups in total. The molecule has 0 aromatic heterocycles. The Morgan fingerprint density at radius 1 is 1.31 bits per heavy atom. The quantitative estimate of drug-likeness (QED) is 0.722. The van der Waals surface area contributed by atoms with Crippen molar-refractivity contribution >= 4 is 0 Å². The molecule has 0 aliphatic carbocycles. The number of piperidine rings is 1. The molecule has 0 saturated carbocycles. The van der Waals surface area contributed by atoms with Gasteiger partial charge in [-0.1, -0.05) is 13.8 Å². The zero-order chi connectivity index (χ0) is 12.0. The van der Waals surface area contributed by atoms with Crippen LogP contribution in [0.15, 0.2) is 0 Å². The number of nitrogens with one attached hydrogen (secondary N) is 1. The first-order chi connectivity index (χ1) is 7.71. The lowest BCUT2D eigenvalue weighted by molar-refractivity contribution is 0.152. The Bertz CT molecular complexity index is 175. The summed E-state index contributed by atoms with van der Waals surface area (Å²) in [5.74, 6) is 0.781. The zero-order valence-electron chi connectivity index (χ0n) is 11.1. The molecule has 1 aliphatic rings. The average molecular weight is 228 g/mol. The van der Waals surface area contributed by atoms with E-state index in [1.807, 2.05) is 0 Å². The molecule has 96 valence electrons. The van der Waals surface area contributed by atoms with E-state index in [2.05, 4.69) is 31.0 Å². The van der Waals surface area contributed by atoms with Crippen LogP contribution in [0.1, 0.15) is 40.0 Å². The standard InChI is InChI=1S/C13H28N2O/c1-4-13(10-16)14-11(3)12-6-8-15(5-2)9-7-12/h11-14,16H,4-10H2,1-3H3. The van der Waals surface area contributed by atoms with Crippen LogP contribution in [-0.4, -0.2) is 48.3 Å². The predicted molar refractivity (Wildman–Crippen MR) is 68.6 cm³/mol. The van der Waals surface area contributed by atoms with Gasteiger partial charge in [-0.25, -0.2) is 0 Å². The van der Waals surface area contributed by atoms with Gasteiger partial charge in [0.1, 0.15) is 0 Å². The first kappa shape index (κ1) is 13.9. The molecule has 0 aromatic rings. The highest BCUT2D eigenvalue weighted by atomic mass is 16.3. The molecule has 3 nitrogen and oxygen atoms in total. The molecule has 1 aliphatic heterocycles. The fraction of sp³-hybridized carbons (Fsp3) is 1.00. The maximum atomic E-state index is 9.18. The van der Waals surface area contributed by atoms with E-state index in [0.29, 0.717) is 6.04 Å². The van der Waals surface area contributed by atoms with Crippen molar-refractivity contribution in [1.29, 1.82) is 0 Å². The highest BCUT2D eigenvalue weighted by Gasteiger charge is 2.24. The largest absolute Gasteiger partial charge is 0.395 e. The summed E-state index contributed by atoms with van der Waals surface area (Å²) in [6.45, 7) is 10.6. The number of hydrogen-bond acceptors (Lipinski definition) is 3. The lowest BCUT2D eigenvalue weighted by Crippen LogP contribution is -2.46. The summed E-state index contributed by atoms with van der Waals surface area (Å²) < 4.78 is 0. The molecule has 1 heterocycles. The fourth-order valence-electron chi connectivity index (χ4n) is 2.58. The minimum Gasteiger partial charge on any atom is -0.395 e. The highest BCUT2D eigenvalue weighted by Crippen LogP contribution is 2.20. The minimum atomic E-state index is 0.259. The first-order valence-electron chi connectivity index (χ1n) is 6.80. The third kappa shape index (κ3) is 4.04. The van der Waals surface area contributed by atoms with Crippen LogP contribution >= 0.6 is 0 Å². The van der Waals surface area contributed by atoms with Crippen molar-refractivity contribution in [3.8, 4) is 0 Å². The number of nitrogens with zero attached hydrogens (tertiary/aromatic N) is 1. The van der Waals surface area contributed by atoms with Gasteiger partial charge in [-0.05, 0) is 51.7 Å². The summed E-state index contributed by atoms with van der Waals surface area (Å²) in [5.41, 5.74) is 0. The van der Waals surface area contributed by atoms with Gasteiger partial charge in [-0.2, -0.15) is 0 Å². The van der Waals surface area contributed by atoms with Crippen LogP contribution in [0.4, 0.5) is 0 Å². The number of likely N-dealkylation sites (tertiary alicyclic amines) is 1. The molecule has 16 heavy (non-hydrogen) atoms. The molecule has 0 aromatic carbocycles. The predicted octanol–water partition coefficient (Wildman–Crippen LogP) is 1.47. The van der Waals surface area contributed by atoms with E-state index in [0.717, 1.165) is 12.3 Å². The van der Waals surface area contributed by atoms with Crippen molar-refractivity contribution in [3.05, 3.63) is 0 Å². The zero-order valence-corrected chi connectivity index (χ0v) is 11.1. The van der Waals surface area contributed by atoms with E-state index in [1.54, 1.807) is 0 Å². The number of hydrogen-bond donors (Lipinski definition) is 2. The highest BCUT2D eigenvalue weighted by molar-refractivity contribution is 4.81. The van der Waals surface area contributed by atoms with Gasteiger partial charge >= 0.3 is 0 Å². The smallest absolute Gasteiger partial charge is 0.0584 e. The summed E-state index contributed by atoms with van der Waals surface area (Å²) >= 11 is 0. The second-order valence-corrected chi connectivity index (χ2v) is 5.01. The third-order valence-corrected chi connectivity index (χ3v) is 4.00. The van der Waals surface area contributed by atoms with Crippen molar-refractivity contribution in [3.63, 3.8) is 0 Å². The van der Waals surface area contributed by atoms with Gasteiger partial charge in [0.25, 0.3) is 0 Å². The van der Waals surface area contributed by atoms with Crippen LogP contribution in [0.3, 0.4) is 0 Å². The summed E-state index contributed by atoms with van der Waals surface area (Å²) in [7, 11) is 0. The van der Waals surface area contributed by atoms with Gasteiger partial charge in [0.05, 0.1) is 6.61 Å². The van der Waals surface area contributed by atoms with Gasteiger partial charge in [-0.3, -0.25) is 0 Å². The minimum absolute atomic E-state index is 0.259. The second-order valence-electron chi connectivity index (χ2n) is 5.01. The van der Waals surface area contributed by atoms with Crippen molar-refractivity contribution in [2.75, 3.05) is 26.2 Å². The first-order valence-corrected chi connectivity index (χ1v) is 6.80.